The number of carbonyl (C=O) groups excluding carboxylic acids is 1. The van der Waals surface area contributed by atoms with Crippen LogP contribution in [0.1, 0.15) is 22.3 Å². The topological polar surface area (TPSA) is 122 Å². The Balaban J connectivity index is 1.36. The summed E-state index contributed by atoms with van der Waals surface area (Å²) in [5.41, 5.74) is 9.87. The minimum atomic E-state index is -1.75. The third-order valence-corrected chi connectivity index (χ3v) is 5.38. The van der Waals surface area contributed by atoms with Crippen LogP contribution in [0.15, 0.2) is 81.6 Å². The summed E-state index contributed by atoms with van der Waals surface area (Å²) >= 11 is 0. The van der Waals surface area contributed by atoms with Gasteiger partial charge in [0.25, 0.3) is 17.3 Å². The molecule has 9 heteroatoms. The Kier molecular flexibility index (Phi) is 6.93. The maximum Gasteiger partial charge on any atom is 0.286 e. The van der Waals surface area contributed by atoms with Gasteiger partial charge in [0, 0.05) is 42.9 Å². The minimum Gasteiger partial charge on any atom is -0.463 e. The summed E-state index contributed by atoms with van der Waals surface area (Å²) in [6.07, 6.45) is 4.09. The molecular weight excluding hydrogens is 437 g/mol. The number of benzene rings is 2. The van der Waals surface area contributed by atoms with Gasteiger partial charge in [0.05, 0.1) is 5.71 Å². The predicted octanol–water partition coefficient (Wildman–Crippen LogP) is 2.27. The number of carbonyl (C=O) groups is 1. The van der Waals surface area contributed by atoms with Crippen molar-refractivity contribution in [2.45, 2.75) is 25.2 Å². The number of H-pyrrole nitrogens is 1. The second kappa shape index (κ2) is 10.2. The third kappa shape index (κ3) is 5.44. The number of hydrogen-bond donors (Lipinski definition) is 3. The van der Waals surface area contributed by atoms with E-state index in [1.54, 1.807) is 42.6 Å². The van der Waals surface area contributed by atoms with Gasteiger partial charge in [0.15, 0.2) is 0 Å². The van der Waals surface area contributed by atoms with E-state index in [0.29, 0.717) is 35.4 Å². The number of aromatic amines is 1. The molecule has 1 unspecified atom stereocenters. The lowest BCUT2D eigenvalue weighted by Crippen LogP contribution is -2.50. The lowest BCUT2D eigenvalue weighted by Gasteiger charge is -2.17. The van der Waals surface area contributed by atoms with Crippen molar-refractivity contribution in [1.82, 2.24) is 10.3 Å². The van der Waals surface area contributed by atoms with Crippen molar-refractivity contribution in [3.05, 3.63) is 99.5 Å². The molecule has 34 heavy (non-hydrogen) atoms. The average Bonchev–Trinajstić information content (AvgIpc) is 3.23. The smallest absolute Gasteiger partial charge is 0.286 e. The van der Waals surface area contributed by atoms with E-state index in [9.17, 15) is 14.0 Å². The molecule has 0 spiro atoms. The normalized spacial score (nSPS) is 16.8. The number of rotatable bonds is 9. The first-order chi connectivity index (χ1) is 16.5. The van der Waals surface area contributed by atoms with E-state index in [1.807, 2.05) is 24.3 Å². The molecule has 0 aliphatic carbocycles. The second-order valence-electron chi connectivity index (χ2n) is 7.83. The standard InChI is InChI=1S/C25H24FN5O3/c26-16-34-22-6-2-1-4-20(22)14-29-24(33)25(27)30-15-21(31-25)13-18-9-7-17(8-10-18)12-19-5-3-11-28-23(19)32/h1-11,15H,12-14,16,27H2,(H,28,32)(H,29,33). The second-order valence-corrected chi connectivity index (χ2v) is 7.83. The van der Waals surface area contributed by atoms with Gasteiger partial charge in [-0.05, 0) is 23.3 Å². The molecule has 0 saturated heterocycles. The molecule has 1 aliphatic heterocycles. The summed E-state index contributed by atoms with van der Waals surface area (Å²) in [6.45, 7) is -0.866. The molecule has 0 fully saturated rings. The van der Waals surface area contributed by atoms with E-state index in [-0.39, 0.29) is 12.1 Å². The number of nitrogens with one attached hydrogen (secondary N) is 2. The number of pyridine rings is 1. The van der Waals surface area contributed by atoms with E-state index in [4.69, 9.17) is 10.5 Å². The van der Waals surface area contributed by atoms with Crippen LogP contribution in [0.3, 0.4) is 0 Å². The number of aliphatic imine (C=N–C) groups is 2. The zero-order valence-corrected chi connectivity index (χ0v) is 18.3. The first-order valence-electron chi connectivity index (χ1n) is 10.7. The molecule has 0 bridgehead atoms. The predicted molar refractivity (Wildman–Crippen MR) is 128 cm³/mol. The summed E-state index contributed by atoms with van der Waals surface area (Å²) in [5.74, 6) is -1.98. The lowest BCUT2D eigenvalue weighted by molar-refractivity contribution is -0.125. The molecule has 174 valence electrons. The zero-order chi connectivity index (χ0) is 24.0. The summed E-state index contributed by atoms with van der Waals surface area (Å²) in [4.78, 5) is 35.6. The van der Waals surface area contributed by atoms with Crippen LogP contribution in [0.5, 0.6) is 5.75 Å². The number of nitrogens with two attached hydrogens (primary N) is 1. The van der Waals surface area contributed by atoms with Crippen molar-refractivity contribution in [3.8, 4) is 5.75 Å². The molecule has 1 aromatic heterocycles. The highest BCUT2D eigenvalue weighted by Crippen LogP contribution is 2.19. The van der Waals surface area contributed by atoms with Crippen LogP contribution in [0.25, 0.3) is 0 Å². The van der Waals surface area contributed by atoms with Crippen LogP contribution in [0.4, 0.5) is 4.39 Å². The van der Waals surface area contributed by atoms with Gasteiger partial charge in [0.2, 0.25) is 6.86 Å². The SMILES string of the molecule is NC1(C(=O)NCc2ccccc2OCF)N=CC(Cc2ccc(Cc3ccc[nH]c3=O)cc2)=N1. The molecule has 1 aliphatic rings. The van der Waals surface area contributed by atoms with Gasteiger partial charge in [-0.2, -0.15) is 0 Å². The lowest BCUT2D eigenvalue weighted by atomic mass is 10.0. The van der Waals surface area contributed by atoms with E-state index >= 15 is 0 Å². The van der Waals surface area contributed by atoms with Crippen LogP contribution in [-0.4, -0.2) is 35.5 Å². The number of ether oxygens (including phenoxy) is 1. The maximum absolute atomic E-state index is 12.7. The molecule has 2 heterocycles. The van der Waals surface area contributed by atoms with Crippen molar-refractivity contribution >= 4 is 17.8 Å². The van der Waals surface area contributed by atoms with Crippen LogP contribution in [-0.2, 0) is 24.2 Å². The summed E-state index contributed by atoms with van der Waals surface area (Å²) in [6, 6.07) is 18.2. The van der Waals surface area contributed by atoms with E-state index < -0.39 is 18.6 Å². The highest BCUT2D eigenvalue weighted by molar-refractivity contribution is 6.33. The van der Waals surface area contributed by atoms with Gasteiger partial charge in [-0.25, -0.2) is 14.4 Å². The van der Waals surface area contributed by atoms with Crippen LogP contribution in [0.2, 0.25) is 0 Å². The van der Waals surface area contributed by atoms with Crippen molar-refractivity contribution in [1.29, 1.82) is 0 Å². The molecule has 3 aromatic rings. The number of aromatic nitrogens is 1. The largest absolute Gasteiger partial charge is 0.463 e. The number of hydrogen-bond acceptors (Lipinski definition) is 6. The Morgan fingerprint density at radius 3 is 2.47 bits per heavy atom. The zero-order valence-electron chi connectivity index (χ0n) is 18.3. The van der Waals surface area contributed by atoms with E-state index in [2.05, 4.69) is 20.3 Å². The van der Waals surface area contributed by atoms with Crippen molar-refractivity contribution in [2.24, 2.45) is 15.7 Å². The van der Waals surface area contributed by atoms with Crippen molar-refractivity contribution < 1.29 is 13.9 Å². The average molecular weight is 461 g/mol. The maximum atomic E-state index is 12.7. The molecule has 0 saturated carbocycles. The van der Waals surface area contributed by atoms with Crippen molar-refractivity contribution in [3.63, 3.8) is 0 Å². The van der Waals surface area contributed by atoms with Gasteiger partial charge in [0.1, 0.15) is 5.75 Å². The fourth-order valence-corrected chi connectivity index (χ4v) is 3.60. The molecule has 1 amide bonds. The van der Waals surface area contributed by atoms with Gasteiger partial charge in [-0.1, -0.05) is 48.5 Å². The van der Waals surface area contributed by atoms with Crippen LogP contribution >= 0.6 is 0 Å². The number of nitrogens with zero attached hydrogens (tertiary/aromatic N) is 2. The quantitative estimate of drug-likeness (QED) is 0.452. The van der Waals surface area contributed by atoms with Crippen LogP contribution in [0, 0.1) is 0 Å². The first-order valence-corrected chi connectivity index (χ1v) is 10.7. The molecule has 0 radical (unpaired) electrons. The van der Waals surface area contributed by atoms with Crippen LogP contribution < -0.4 is 21.3 Å². The number of alkyl halides is 1. The highest BCUT2D eigenvalue weighted by atomic mass is 19.1. The molecule has 4 rings (SSSR count). The fraction of sp³-hybridized carbons (Fsp3) is 0.200. The molecule has 8 nitrogen and oxygen atoms in total. The fourth-order valence-electron chi connectivity index (χ4n) is 3.60. The Bertz CT molecular complexity index is 1290. The summed E-state index contributed by atoms with van der Waals surface area (Å²) < 4.78 is 17.5. The highest BCUT2D eigenvalue weighted by Gasteiger charge is 2.36. The molecule has 4 N–H and O–H groups in total. The minimum absolute atomic E-state index is 0.0973. The van der Waals surface area contributed by atoms with E-state index in [0.717, 1.165) is 11.1 Å². The Labute approximate surface area is 195 Å². The van der Waals surface area contributed by atoms with Crippen molar-refractivity contribution in [2.75, 3.05) is 6.86 Å². The monoisotopic (exact) mass is 461 g/mol. The Morgan fingerprint density at radius 1 is 1.03 bits per heavy atom. The summed E-state index contributed by atoms with van der Waals surface area (Å²) in [5, 5.41) is 2.68. The molecule has 2 aromatic carbocycles. The van der Waals surface area contributed by atoms with E-state index in [1.165, 1.54) is 6.21 Å². The van der Waals surface area contributed by atoms with Gasteiger partial charge < -0.3 is 15.0 Å². The number of para-hydroxylation sites is 1. The third-order valence-electron chi connectivity index (χ3n) is 5.38. The summed E-state index contributed by atoms with van der Waals surface area (Å²) in [7, 11) is 0. The first kappa shape index (κ1) is 23.1. The van der Waals surface area contributed by atoms with Gasteiger partial charge in [-0.15, -0.1) is 0 Å². The number of amides is 1. The number of halogens is 1. The molecular formula is C25H24FN5O3. The van der Waals surface area contributed by atoms with Gasteiger partial charge >= 0.3 is 0 Å². The van der Waals surface area contributed by atoms with Gasteiger partial charge in [-0.3, -0.25) is 15.3 Å². The Morgan fingerprint density at radius 2 is 1.74 bits per heavy atom. The molecule has 1 atom stereocenters. The Hall–Kier alpha value is -4.11.